The van der Waals surface area contributed by atoms with Gasteiger partial charge in [0, 0.05) is 50.2 Å². The third-order valence-corrected chi connectivity index (χ3v) is 4.26. The second-order valence-electron chi connectivity index (χ2n) is 6.16. The first-order valence-electron chi connectivity index (χ1n) is 7.95. The molecule has 0 aromatic heterocycles. The largest absolute Gasteiger partial charge is 0.378 e. The van der Waals surface area contributed by atoms with Crippen molar-refractivity contribution in [2.45, 2.75) is 13.3 Å². The van der Waals surface area contributed by atoms with E-state index in [2.05, 4.69) is 5.32 Å². The molecular weight excluding hydrogens is 302 g/mol. The molecule has 5 nitrogen and oxygen atoms in total. The van der Waals surface area contributed by atoms with Crippen molar-refractivity contribution in [3.63, 3.8) is 0 Å². The molecule has 1 heterocycles. The van der Waals surface area contributed by atoms with Gasteiger partial charge in [0.25, 0.3) is 5.91 Å². The molecule has 1 N–H and O–H groups in total. The molecule has 5 heteroatoms. The highest BCUT2D eigenvalue weighted by molar-refractivity contribution is 6.04. The minimum Gasteiger partial charge on any atom is -0.378 e. The summed E-state index contributed by atoms with van der Waals surface area (Å²) in [6.45, 7) is 2.27. The lowest BCUT2D eigenvalue weighted by atomic mass is 10.1. The van der Waals surface area contributed by atoms with Crippen molar-refractivity contribution in [1.29, 1.82) is 0 Å². The number of carbonyl (C=O) groups excluding carboxylic acids is 2. The van der Waals surface area contributed by atoms with Crippen LogP contribution in [0, 0.1) is 0 Å². The monoisotopic (exact) mass is 323 g/mol. The first-order valence-corrected chi connectivity index (χ1v) is 7.95. The maximum absolute atomic E-state index is 12.4. The summed E-state index contributed by atoms with van der Waals surface area (Å²) < 4.78 is 0. The van der Waals surface area contributed by atoms with E-state index in [1.165, 1.54) is 0 Å². The fourth-order valence-corrected chi connectivity index (χ4v) is 2.92. The van der Waals surface area contributed by atoms with Crippen molar-refractivity contribution in [1.82, 2.24) is 0 Å². The summed E-state index contributed by atoms with van der Waals surface area (Å²) in [6.07, 6.45) is 0.816. The predicted octanol–water partition coefficient (Wildman–Crippen LogP) is 2.91. The summed E-state index contributed by atoms with van der Waals surface area (Å²) in [4.78, 5) is 27.7. The van der Waals surface area contributed by atoms with E-state index in [1.807, 2.05) is 61.5 Å². The fourth-order valence-electron chi connectivity index (χ4n) is 2.92. The van der Waals surface area contributed by atoms with Gasteiger partial charge in [-0.25, -0.2) is 0 Å². The van der Waals surface area contributed by atoms with Crippen LogP contribution in [0.4, 0.5) is 17.1 Å². The zero-order valence-electron chi connectivity index (χ0n) is 14.2. The molecule has 1 aliphatic heterocycles. The molecule has 0 radical (unpaired) electrons. The molecular formula is C19H21N3O2. The molecule has 2 amide bonds. The lowest BCUT2D eigenvalue weighted by Gasteiger charge is -2.15. The Morgan fingerprint density at radius 3 is 2.42 bits per heavy atom. The zero-order valence-corrected chi connectivity index (χ0v) is 14.2. The molecule has 124 valence electrons. The number of benzene rings is 2. The maximum Gasteiger partial charge on any atom is 0.255 e. The highest BCUT2D eigenvalue weighted by atomic mass is 16.2. The molecule has 0 saturated heterocycles. The van der Waals surface area contributed by atoms with Crippen LogP contribution in [0.2, 0.25) is 0 Å². The van der Waals surface area contributed by atoms with Gasteiger partial charge in [-0.05, 0) is 54.4 Å². The van der Waals surface area contributed by atoms with Crippen molar-refractivity contribution in [2.24, 2.45) is 0 Å². The van der Waals surface area contributed by atoms with Gasteiger partial charge < -0.3 is 15.1 Å². The van der Waals surface area contributed by atoms with Crippen molar-refractivity contribution < 1.29 is 9.59 Å². The first kappa shape index (κ1) is 16.1. The third-order valence-electron chi connectivity index (χ3n) is 4.26. The van der Waals surface area contributed by atoms with Crippen molar-refractivity contribution in [2.75, 3.05) is 35.8 Å². The lowest BCUT2D eigenvalue weighted by molar-refractivity contribution is -0.116. The Hall–Kier alpha value is -2.82. The Labute approximate surface area is 141 Å². The molecule has 3 rings (SSSR count). The number of anilines is 3. The summed E-state index contributed by atoms with van der Waals surface area (Å²) in [5, 5.41) is 2.92. The van der Waals surface area contributed by atoms with Crippen LogP contribution in [0.5, 0.6) is 0 Å². The number of amides is 2. The molecule has 0 atom stereocenters. The van der Waals surface area contributed by atoms with Gasteiger partial charge in [-0.3, -0.25) is 9.59 Å². The Morgan fingerprint density at radius 2 is 1.79 bits per heavy atom. The van der Waals surface area contributed by atoms with E-state index in [0.717, 1.165) is 29.0 Å². The van der Waals surface area contributed by atoms with Gasteiger partial charge in [0.05, 0.1) is 0 Å². The van der Waals surface area contributed by atoms with E-state index in [9.17, 15) is 9.59 Å². The summed E-state index contributed by atoms with van der Waals surface area (Å²) >= 11 is 0. The van der Waals surface area contributed by atoms with E-state index >= 15 is 0 Å². The minimum absolute atomic E-state index is 0.0477. The van der Waals surface area contributed by atoms with Crippen LogP contribution in [0.3, 0.4) is 0 Å². The Bertz CT molecular complexity index is 782. The van der Waals surface area contributed by atoms with Crippen molar-refractivity contribution in [3.8, 4) is 0 Å². The Balaban J connectivity index is 1.74. The Morgan fingerprint density at radius 1 is 1.08 bits per heavy atom. The number of carbonyl (C=O) groups is 2. The standard InChI is InChI=1S/C19H21N3O2/c1-13(23)22-11-10-15-12-16(6-9-18(15)22)20-19(24)14-4-7-17(8-5-14)21(2)3/h4-9,12H,10-11H2,1-3H3,(H,20,24). The quantitative estimate of drug-likeness (QED) is 0.945. The van der Waals surface area contributed by atoms with Gasteiger partial charge in [-0.1, -0.05) is 0 Å². The molecule has 0 unspecified atom stereocenters. The van der Waals surface area contributed by atoms with Crippen molar-refractivity contribution >= 4 is 28.9 Å². The van der Waals surface area contributed by atoms with Crippen LogP contribution in [0.15, 0.2) is 42.5 Å². The first-order chi connectivity index (χ1) is 11.5. The number of hydrogen-bond acceptors (Lipinski definition) is 3. The molecule has 0 aliphatic carbocycles. The van der Waals surface area contributed by atoms with E-state index < -0.39 is 0 Å². The fraction of sp³-hybridized carbons (Fsp3) is 0.263. The van der Waals surface area contributed by atoms with E-state index in [-0.39, 0.29) is 11.8 Å². The van der Waals surface area contributed by atoms with E-state index in [4.69, 9.17) is 0 Å². The van der Waals surface area contributed by atoms with Crippen LogP contribution >= 0.6 is 0 Å². The van der Waals surface area contributed by atoms with E-state index in [0.29, 0.717) is 12.1 Å². The highest BCUT2D eigenvalue weighted by Gasteiger charge is 2.22. The summed E-state index contributed by atoms with van der Waals surface area (Å²) in [7, 11) is 3.92. The molecule has 0 saturated carbocycles. The van der Waals surface area contributed by atoms with Gasteiger partial charge in [-0.15, -0.1) is 0 Å². The van der Waals surface area contributed by atoms with Gasteiger partial charge in [0.15, 0.2) is 0 Å². The smallest absolute Gasteiger partial charge is 0.255 e. The van der Waals surface area contributed by atoms with Crippen molar-refractivity contribution in [3.05, 3.63) is 53.6 Å². The topological polar surface area (TPSA) is 52.7 Å². The number of nitrogens with one attached hydrogen (secondary N) is 1. The summed E-state index contributed by atoms with van der Waals surface area (Å²) in [6, 6.07) is 13.2. The van der Waals surface area contributed by atoms with Gasteiger partial charge >= 0.3 is 0 Å². The number of nitrogens with zero attached hydrogens (tertiary/aromatic N) is 2. The molecule has 0 bridgehead atoms. The lowest BCUT2D eigenvalue weighted by Crippen LogP contribution is -2.25. The average Bonchev–Trinajstić information content (AvgIpc) is 2.98. The molecule has 2 aromatic rings. The number of fused-ring (bicyclic) bond motifs is 1. The van der Waals surface area contributed by atoms with Crippen LogP contribution < -0.4 is 15.1 Å². The summed E-state index contributed by atoms with van der Waals surface area (Å²) in [5.74, 6) is -0.0896. The SMILES string of the molecule is CC(=O)N1CCc2cc(NC(=O)c3ccc(N(C)C)cc3)ccc21. The highest BCUT2D eigenvalue weighted by Crippen LogP contribution is 2.30. The molecule has 24 heavy (non-hydrogen) atoms. The van der Waals surface area contributed by atoms with Gasteiger partial charge in [0.2, 0.25) is 5.91 Å². The summed E-state index contributed by atoms with van der Waals surface area (Å²) in [5.41, 5.74) is 4.45. The van der Waals surface area contributed by atoms with E-state index in [1.54, 1.807) is 11.8 Å². The van der Waals surface area contributed by atoms with Crippen LogP contribution in [0.25, 0.3) is 0 Å². The average molecular weight is 323 g/mol. The van der Waals surface area contributed by atoms with Gasteiger partial charge in [-0.2, -0.15) is 0 Å². The second kappa shape index (κ2) is 6.35. The minimum atomic E-state index is -0.137. The van der Waals surface area contributed by atoms with Crippen LogP contribution in [-0.4, -0.2) is 32.5 Å². The predicted molar refractivity (Wildman–Crippen MR) is 96.9 cm³/mol. The van der Waals surface area contributed by atoms with Crippen LogP contribution in [0.1, 0.15) is 22.8 Å². The van der Waals surface area contributed by atoms with Gasteiger partial charge in [0.1, 0.15) is 0 Å². The number of rotatable bonds is 3. The zero-order chi connectivity index (χ0) is 17.3. The normalized spacial score (nSPS) is 12.7. The second-order valence-corrected chi connectivity index (χ2v) is 6.16. The third kappa shape index (κ3) is 3.11. The molecule has 0 fully saturated rings. The Kier molecular flexibility index (Phi) is 4.25. The molecule has 2 aromatic carbocycles. The molecule has 0 spiro atoms. The van der Waals surface area contributed by atoms with Crippen LogP contribution in [-0.2, 0) is 11.2 Å². The molecule has 1 aliphatic rings. The number of hydrogen-bond donors (Lipinski definition) is 1. The maximum atomic E-state index is 12.4.